The van der Waals surface area contributed by atoms with Gasteiger partial charge in [-0.25, -0.2) is 4.98 Å². The van der Waals surface area contributed by atoms with Crippen molar-refractivity contribution in [2.75, 3.05) is 7.11 Å². The summed E-state index contributed by atoms with van der Waals surface area (Å²) in [7, 11) is 1.56. The third-order valence-electron chi connectivity index (χ3n) is 4.98. The predicted molar refractivity (Wildman–Crippen MR) is 123 cm³/mol. The normalized spacial score (nSPS) is 11.0. The third kappa shape index (κ3) is 8.12. The first-order valence-electron chi connectivity index (χ1n) is 10.2. The zero-order valence-corrected chi connectivity index (χ0v) is 27.1. The Morgan fingerprint density at radius 3 is 2.53 bits per heavy atom. The van der Waals surface area contributed by atoms with E-state index in [1.807, 2.05) is 6.07 Å². The van der Waals surface area contributed by atoms with Crippen LogP contribution in [0.2, 0.25) is 0 Å². The van der Waals surface area contributed by atoms with Gasteiger partial charge >= 0.3 is 103 Å². The molecule has 0 atom stereocenters. The number of carbonyl (C=O) groups excluding carboxylic acids is 1. The predicted octanol–water partition coefficient (Wildman–Crippen LogP) is -4.61. The second kappa shape index (κ2) is 15.0. The maximum Gasteiger partial charge on any atom is 1.00 e. The molecule has 36 heavy (non-hydrogen) atoms. The monoisotopic (exact) mass is 555 g/mol. The van der Waals surface area contributed by atoms with E-state index < -0.39 is 17.4 Å². The Morgan fingerprint density at radius 1 is 1.08 bits per heavy atom. The van der Waals surface area contributed by atoms with Crippen LogP contribution in [0.3, 0.4) is 0 Å². The van der Waals surface area contributed by atoms with Crippen LogP contribution in [0.15, 0.2) is 63.7 Å². The molecule has 12 heteroatoms. The number of carboxylic acids is 1. The van der Waals surface area contributed by atoms with Crippen LogP contribution in [0, 0.1) is 0 Å². The number of aliphatic imine (C=N–C) groups is 1. The van der Waals surface area contributed by atoms with Crippen LogP contribution in [0.5, 0.6) is 5.75 Å². The van der Waals surface area contributed by atoms with E-state index in [0.29, 0.717) is 21.5 Å². The number of fused-ring (bicyclic) bond motifs is 1. The standard InChI is InChI=1S/C24H21N3O6S.2K/c1-32-18-4-2-3-15(9-18)10-25-22(29)20-26-21(28)19-17(13-34-23(19)27-20)12-33-11-14-5-7-16(8-6-14)24(30)31;;/h2-9,13H,10-12H2,1H3,(H,25,29)(H,30,31)(H,26,27,28);;/q;2*+1/p-2. The van der Waals surface area contributed by atoms with E-state index in [-0.39, 0.29) is 134 Å². The molecule has 0 saturated heterocycles. The molecule has 0 bridgehead atoms. The van der Waals surface area contributed by atoms with Crippen molar-refractivity contribution < 1.29 is 127 Å². The number of aromatic amines is 1. The molecular formula is C24H19K2N3O6S. The molecule has 0 radical (unpaired) electrons. The van der Waals surface area contributed by atoms with Crippen molar-refractivity contribution in [3.8, 4) is 5.75 Å². The molecule has 174 valence electrons. The first kappa shape index (κ1) is 31.5. The molecule has 2 aromatic carbocycles. The summed E-state index contributed by atoms with van der Waals surface area (Å²) in [5, 5.41) is 25.4. The van der Waals surface area contributed by atoms with E-state index >= 15 is 0 Å². The zero-order chi connectivity index (χ0) is 24.1. The molecule has 0 saturated carbocycles. The summed E-state index contributed by atoms with van der Waals surface area (Å²) in [6.45, 7) is 0.515. The van der Waals surface area contributed by atoms with Gasteiger partial charge in [-0.1, -0.05) is 36.4 Å². The van der Waals surface area contributed by atoms with E-state index in [9.17, 15) is 19.8 Å². The van der Waals surface area contributed by atoms with Crippen molar-refractivity contribution in [1.82, 2.24) is 9.97 Å². The fourth-order valence-corrected chi connectivity index (χ4v) is 4.16. The molecule has 2 aromatic heterocycles. The summed E-state index contributed by atoms with van der Waals surface area (Å²) in [6.07, 6.45) is 0. The number of carbonyl (C=O) groups is 1. The fourth-order valence-electron chi connectivity index (χ4n) is 3.24. The van der Waals surface area contributed by atoms with Gasteiger partial charge in [-0.2, -0.15) is 0 Å². The molecule has 2 heterocycles. The number of rotatable bonds is 9. The smallest absolute Gasteiger partial charge is 0.856 e. The van der Waals surface area contributed by atoms with Gasteiger partial charge in [-0.15, -0.1) is 11.3 Å². The number of aromatic nitrogens is 2. The molecule has 4 rings (SSSR count). The second-order valence-corrected chi connectivity index (χ2v) is 8.16. The third-order valence-corrected chi connectivity index (χ3v) is 5.90. The van der Waals surface area contributed by atoms with Gasteiger partial charge in [0.05, 0.1) is 38.2 Å². The Hall–Kier alpha value is -0.747. The summed E-state index contributed by atoms with van der Waals surface area (Å²) in [6, 6.07) is 13.4. The largest absolute Gasteiger partial charge is 1.00 e. The van der Waals surface area contributed by atoms with E-state index in [1.54, 1.807) is 42.8 Å². The topological polar surface area (TPSA) is 140 Å². The number of carboxylic acid groups (broad SMARTS) is 1. The minimum absolute atomic E-state index is 0. The molecule has 0 aliphatic heterocycles. The van der Waals surface area contributed by atoms with Gasteiger partial charge in [0.15, 0.2) is 0 Å². The minimum atomic E-state index is -1.24. The minimum Gasteiger partial charge on any atom is -0.856 e. The van der Waals surface area contributed by atoms with Crippen LogP contribution < -0.4 is 123 Å². The van der Waals surface area contributed by atoms with E-state index in [1.165, 1.54) is 23.5 Å². The number of H-pyrrole nitrogens is 1. The Labute approximate surface area is 295 Å². The van der Waals surface area contributed by atoms with Crippen LogP contribution in [0.25, 0.3) is 10.2 Å². The number of methoxy groups -OCH3 is 1. The first-order chi connectivity index (χ1) is 16.4. The maximum atomic E-state index is 12.7. The summed E-state index contributed by atoms with van der Waals surface area (Å²) in [5.41, 5.74) is 1.87. The number of aromatic carboxylic acids is 1. The summed E-state index contributed by atoms with van der Waals surface area (Å²) in [5.74, 6) is -1.32. The SMILES string of the molecule is COc1cccc(CN=C([O-])c2nc3scc(COCc4ccc(C(=O)[O-])cc4)c3c(=O)[nH]2)c1.[K+].[K+]. The number of nitrogens with zero attached hydrogens (tertiary/aromatic N) is 2. The number of hydrogen-bond acceptors (Lipinski definition) is 9. The molecule has 0 aliphatic carbocycles. The van der Waals surface area contributed by atoms with Crippen molar-refractivity contribution in [2.45, 2.75) is 19.8 Å². The molecule has 0 unspecified atom stereocenters. The molecule has 1 N–H and O–H groups in total. The first-order valence-corrected chi connectivity index (χ1v) is 11.1. The molecule has 0 aliphatic rings. The van der Waals surface area contributed by atoms with Crippen molar-refractivity contribution in [3.05, 3.63) is 92.3 Å². The van der Waals surface area contributed by atoms with Crippen LogP contribution >= 0.6 is 11.3 Å². The molecule has 0 spiro atoms. The van der Waals surface area contributed by atoms with Gasteiger partial charge in [0.2, 0.25) is 0 Å². The van der Waals surface area contributed by atoms with Crippen LogP contribution in [-0.2, 0) is 24.5 Å². The summed E-state index contributed by atoms with van der Waals surface area (Å²) >= 11 is 1.24. The molecule has 0 fully saturated rings. The van der Waals surface area contributed by atoms with E-state index in [2.05, 4.69) is 15.0 Å². The molecule has 9 nitrogen and oxygen atoms in total. The Bertz CT molecular complexity index is 1420. The summed E-state index contributed by atoms with van der Waals surface area (Å²) in [4.78, 5) is 34.7. The van der Waals surface area contributed by atoms with Gasteiger partial charge in [-0.05, 0) is 34.2 Å². The van der Waals surface area contributed by atoms with Gasteiger partial charge in [0.1, 0.15) is 16.4 Å². The molecule has 0 amide bonds. The van der Waals surface area contributed by atoms with Crippen molar-refractivity contribution in [3.63, 3.8) is 0 Å². The number of hydrogen-bond donors (Lipinski definition) is 1. The van der Waals surface area contributed by atoms with Crippen molar-refractivity contribution in [1.29, 1.82) is 0 Å². The van der Waals surface area contributed by atoms with E-state index in [0.717, 1.165) is 11.1 Å². The second-order valence-electron chi connectivity index (χ2n) is 7.31. The maximum absolute atomic E-state index is 12.7. The van der Waals surface area contributed by atoms with Crippen molar-refractivity contribution in [2.24, 2.45) is 4.99 Å². The number of ether oxygens (including phenoxy) is 2. The van der Waals surface area contributed by atoms with Crippen LogP contribution in [-0.4, -0.2) is 28.9 Å². The average Bonchev–Trinajstić information content (AvgIpc) is 3.26. The fraction of sp³-hybridized carbons (Fsp3) is 0.167. The Kier molecular flexibility index (Phi) is 13.1. The molecular weight excluding hydrogens is 537 g/mol. The van der Waals surface area contributed by atoms with Gasteiger partial charge in [0, 0.05) is 11.5 Å². The zero-order valence-electron chi connectivity index (χ0n) is 20.1. The quantitative estimate of drug-likeness (QED) is 0.125. The number of benzene rings is 2. The molecule has 4 aromatic rings. The van der Waals surface area contributed by atoms with Crippen LogP contribution in [0.1, 0.15) is 32.9 Å². The average molecular weight is 556 g/mol. The van der Waals surface area contributed by atoms with Gasteiger partial charge < -0.3 is 29.5 Å². The van der Waals surface area contributed by atoms with E-state index in [4.69, 9.17) is 9.47 Å². The number of nitrogens with one attached hydrogen (secondary N) is 1. The van der Waals surface area contributed by atoms with Crippen molar-refractivity contribution >= 4 is 33.4 Å². The Balaban J connectivity index is 0.00000228. The summed E-state index contributed by atoms with van der Waals surface area (Å²) < 4.78 is 10.8. The number of thiophene rings is 1. The Morgan fingerprint density at radius 2 is 1.83 bits per heavy atom. The van der Waals surface area contributed by atoms with Gasteiger partial charge in [0.25, 0.3) is 5.56 Å². The van der Waals surface area contributed by atoms with Gasteiger partial charge in [-0.3, -0.25) is 9.79 Å². The van der Waals surface area contributed by atoms with Crippen LogP contribution in [0.4, 0.5) is 0 Å².